The zero-order chi connectivity index (χ0) is 13.1. The number of fused-ring (bicyclic) bond motifs is 1. The predicted molar refractivity (Wildman–Crippen MR) is 75.0 cm³/mol. The highest BCUT2D eigenvalue weighted by atomic mass is 16.1. The second-order valence-corrected chi connectivity index (χ2v) is 5.06. The molecule has 1 aromatic carbocycles. The van der Waals surface area contributed by atoms with Crippen molar-refractivity contribution in [1.82, 2.24) is 10.3 Å². The molecule has 1 aliphatic carbocycles. The van der Waals surface area contributed by atoms with Gasteiger partial charge in [-0.1, -0.05) is 30.3 Å². The second kappa shape index (κ2) is 5.31. The molecular formula is C16H18N2O. The zero-order valence-electron chi connectivity index (χ0n) is 10.9. The first-order chi connectivity index (χ1) is 9.33. The average molecular weight is 254 g/mol. The van der Waals surface area contributed by atoms with Gasteiger partial charge in [0.2, 0.25) is 0 Å². The Bertz CT molecular complexity index is 548. The highest BCUT2D eigenvalue weighted by Gasteiger charge is 2.16. The van der Waals surface area contributed by atoms with E-state index in [0.717, 1.165) is 18.4 Å². The number of hydrogen-bond donors (Lipinski definition) is 2. The number of aromatic amines is 1. The molecule has 1 aliphatic rings. The van der Waals surface area contributed by atoms with Gasteiger partial charge in [0, 0.05) is 12.2 Å². The number of hydrogen-bond acceptors (Lipinski definition) is 1. The number of aryl methyl sites for hydroxylation is 2. The maximum Gasteiger partial charge on any atom is 0.267 e. The molecule has 3 heteroatoms. The fraction of sp³-hybridized carbons (Fsp3) is 0.312. The van der Waals surface area contributed by atoms with E-state index in [9.17, 15) is 4.79 Å². The SMILES string of the molecule is O=C(NCc1ccccc1)c1cc2c([nH]1)CCCC2. The van der Waals surface area contributed by atoms with E-state index in [1.165, 1.54) is 24.1 Å². The Morgan fingerprint density at radius 1 is 1.16 bits per heavy atom. The highest BCUT2D eigenvalue weighted by molar-refractivity contribution is 5.92. The molecule has 98 valence electrons. The summed E-state index contributed by atoms with van der Waals surface area (Å²) in [6.45, 7) is 0.573. The van der Waals surface area contributed by atoms with Gasteiger partial charge >= 0.3 is 0 Å². The van der Waals surface area contributed by atoms with Crippen molar-refractivity contribution in [2.45, 2.75) is 32.2 Å². The van der Waals surface area contributed by atoms with Crippen molar-refractivity contribution in [2.24, 2.45) is 0 Å². The van der Waals surface area contributed by atoms with Crippen LogP contribution in [0.2, 0.25) is 0 Å². The third kappa shape index (κ3) is 2.70. The Kier molecular flexibility index (Phi) is 3.36. The normalized spacial score (nSPS) is 13.9. The monoisotopic (exact) mass is 254 g/mol. The van der Waals surface area contributed by atoms with Crippen LogP contribution in [0.5, 0.6) is 0 Å². The number of amides is 1. The summed E-state index contributed by atoms with van der Waals surface area (Å²) in [6.07, 6.45) is 4.62. The van der Waals surface area contributed by atoms with E-state index in [1.54, 1.807) is 0 Å². The Balaban J connectivity index is 1.65. The number of aromatic nitrogens is 1. The quantitative estimate of drug-likeness (QED) is 0.869. The van der Waals surface area contributed by atoms with Crippen molar-refractivity contribution in [1.29, 1.82) is 0 Å². The van der Waals surface area contributed by atoms with Crippen LogP contribution in [0.3, 0.4) is 0 Å². The summed E-state index contributed by atoms with van der Waals surface area (Å²) < 4.78 is 0. The molecule has 0 bridgehead atoms. The molecule has 0 aliphatic heterocycles. The Morgan fingerprint density at radius 2 is 1.95 bits per heavy atom. The molecule has 0 saturated carbocycles. The largest absolute Gasteiger partial charge is 0.354 e. The van der Waals surface area contributed by atoms with Crippen molar-refractivity contribution in [3.05, 3.63) is 58.9 Å². The van der Waals surface area contributed by atoms with Crippen LogP contribution in [0.25, 0.3) is 0 Å². The van der Waals surface area contributed by atoms with Gasteiger partial charge in [0.15, 0.2) is 0 Å². The van der Waals surface area contributed by atoms with Gasteiger partial charge in [-0.2, -0.15) is 0 Å². The summed E-state index contributed by atoms with van der Waals surface area (Å²) >= 11 is 0. The Labute approximate surface area is 113 Å². The summed E-state index contributed by atoms with van der Waals surface area (Å²) in [5.41, 5.74) is 4.38. The molecule has 1 heterocycles. The number of rotatable bonds is 3. The summed E-state index contributed by atoms with van der Waals surface area (Å²) in [6, 6.07) is 12.0. The van der Waals surface area contributed by atoms with E-state index >= 15 is 0 Å². The lowest BCUT2D eigenvalue weighted by atomic mass is 9.98. The number of H-pyrrole nitrogens is 1. The molecule has 0 spiro atoms. The van der Waals surface area contributed by atoms with Crippen LogP contribution in [0.15, 0.2) is 36.4 Å². The Morgan fingerprint density at radius 3 is 2.74 bits per heavy atom. The van der Waals surface area contributed by atoms with Gasteiger partial charge in [-0.15, -0.1) is 0 Å². The minimum atomic E-state index is -0.0155. The lowest BCUT2D eigenvalue weighted by Crippen LogP contribution is -2.23. The lowest BCUT2D eigenvalue weighted by molar-refractivity contribution is 0.0946. The van der Waals surface area contributed by atoms with Crippen LogP contribution in [-0.2, 0) is 19.4 Å². The summed E-state index contributed by atoms with van der Waals surface area (Å²) in [5, 5.41) is 2.95. The first-order valence-electron chi connectivity index (χ1n) is 6.86. The van der Waals surface area contributed by atoms with Crippen LogP contribution < -0.4 is 5.32 Å². The van der Waals surface area contributed by atoms with E-state index < -0.39 is 0 Å². The summed E-state index contributed by atoms with van der Waals surface area (Å²) in [4.78, 5) is 15.4. The van der Waals surface area contributed by atoms with Gasteiger partial charge in [0.1, 0.15) is 5.69 Å². The van der Waals surface area contributed by atoms with Gasteiger partial charge in [-0.05, 0) is 42.9 Å². The molecule has 0 radical (unpaired) electrons. The Hall–Kier alpha value is -2.03. The van der Waals surface area contributed by atoms with E-state index in [1.807, 2.05) is 36.4 Å². The van der Waals surface area contributed by atoms with E-state index in [0.29, 0.717) is 12.2 Å². The molecule has 1 aromatic heterocycles. The maximum absolute atomic E-state index is 12.1. The number of nitrogens with one attached hydrogen (secondary N) is 2. The van der Waals surface area contributed by atoms with Gasteiger partial charge in [0.25, 0.3) is 5.91 Å². The summed E-state index contributed by atoms with van der Waals surface area (Å²) in [7, 11) is 0. The van der Waals surface area contributed by atoms with Crippen molar-refractivity contribution in [2.75, 3.05) is 0 Å². The minimum absolute atomic E-state index is 0.0155. The standard InChI is InChI=1S/C16H18N2O/c19-16(17-11-12-6-2-1-3-7-12)15-10-13-8-4-5-9-14(13)18-15/h1-3,6-7,10,18H,4-5,8-9,11H2,(H,17,19). The highest BCUT2D eigenvalue weighted by Crippen LogP contribution is 2.21. The smallest absolute Gasteiger partial charge is 0.267 e. The maximum atomic E-state index is 12.1. The van der Waals surface area contributed by atoms with E-state index in [4.69, 9.17) is 0 Å². The molecular weight excluding hydrogens is 236 g/mol. The lowest BCUT2D eigenvalue weighted by Gasteiger charge is -2.08. The predicted octanol–water partition coefficient (Wildman–Crippen LogP) is 2.82. The van der Waals surface area contributed by atoms with Crippen LogP contribution in [0.4, 0.5) is 0 Å². The zero-order valence-corrected chi connectivity index (χ0v) is 10.9. The number of carbonyl (C=O) groups is 1. The van der Waals surface area contributed by atoms with Crippen LogP contribution in [0, 0.1) is 0 Å². The van der Waals surface area contributed by atoms with Gasteiger partial charge < -0.3 is 10.3 Å². The molecule has 0 saturated heterocycles. The molecule has 2 N–H and O–H groups in total. The van der Waals surface area contributed by atoms with Crippen molar-refractivity contribution < 1.29 is 4.79 Å². The first kappa shape index (κ1) is 12.0. The van der Waals surface area contributed by atoms with Gasteiger partial charge in [0.05, 0.1) is 0 Å². The molecule has 0 fully saturated rings. The van der Waals surface area contributed by atoms with E-state index in [-0.39, 0.29) is 5.91 Å². The molecule has 0 unspecified atom stereocenters. The molecule has 2 aromatic rings. The average Bonchev–Trinajstić information content (AvgIpc) is 2.90. The van der Waals surface area contributed by atoms with Crippen LogP contribution in [-0.4, -0.2) is 10.9 Å². The van der Waals surface area contributed by atoms with Crippen molar-refractivity contribution in [3.8, 4) is 0 Å². The van der Waals surface area contributed by atoms with Crippen molar-refractivity contribution in [3.63, 3.8) is 0 Å². The summed E-state index contributed by atoms with van der Waals surface area (Å²) in [5.74, 6) is -0.0155. The van der Waals surface area contributed by atoms with E-state index in [2.05, 4.69) is 10.3 Å². The fourth-order valence-corrected chi connectivity index (χ4v) is 2.60. The third-order valence-corrected chi connectivity index (χ3v) is 3.66. The molecule has 3 rings (SSSR count). The number of benzene rings is 1. The van der Waals surface area contributed by atoms with Gasteiger partial charge in [-0.3, -0.25) is 4.79 Å². The third-order valence-electron chi connectivity index (χ3n) is 3.66. The fourth-order valence-electron chi connectivity index (χ4n) is 2.60. The minimum Gasteiger partial charge on any atom is -0.354 e. The molecule has 19 heavy (non-hydrogen) atoms. The molecule has 3 nitrogen and oxygen atoms in total. The topological polar surface area (TPSA) is 44.9 Å². The van der Waals surface area contributed by atoms with Crippen molar-refractivity contribution >= 4 is 5.91 Å². The first-order valence-corrected chi connectivity index (χ1v) is 6.86. The van der Waals surface area contributed by atoms with Crippen LogP contribution >= 0.6 is 0 Å². The van der Waals surface area contributed by atoms with Crippen LogP contribution in [0.1, 0.15) is 40.2 Å². The molecule has 0 atom stereocenters. The molecule has 1 amide bonds. The number of carbonyl (C=O) groups excluding carboxylic acids is 1. The second-order valence-electron chi connectivity index (χ2n) is 5.06. The van der Waals surface area contributed by atoms with Gasteiger partial charge in [-0.25, -0.2) is 0 Å².